The second kappa shape index (κ2) is 5.90. The Hall–Kier alpha value is -1.85. The molecule has 1 heterocycles. The van der Waals surface area contributed by atoms with Crippen LogP contribution in [0.25, 0.3) is 0 Å². The van der Waals surface area contributed by atoms with Crippen molar-refractivity contribution in [3.8, 4) is 5.75 Å². The summed E-state index contributed by atoms with van der Waals surface area (Å²) < 4.78 is 6.35. The van der Waals surface area contributed by atoms with E-state index in [0.29, 0.717) is 30.8 Å². The first kappa shape index (κ1) is 15.7. The fourth-order valence-corrected chi connectivity index (χ4v) is 4.50. The van der Waals surface area contributed by atoms with Crippen molar-refractivity contribution in [3.05, 3.63) is 62.6 Å². The van der Waals surface area contributed by atoms with Gasteiger partial charge in [-0.2, -0.15) is 0 Å². The summed E-state index contributed by atoms with van der Waals surface area (Å²) in [5, 5.41) is 10.2. The van der Waals surface area contributed by atoms with Gasteiger partial charge in [0.1, 0.15) is 5.75 Å². The molecule has 5 heteroatoms. The maximum absolute atomic E-state index is 13.1. The summed E-state index contributed by atoms with van der Waals surface area (Å²) in [5.74, 6) is 0.568. The number of rotatable bonds is 2. The highest BCUT2D eigenvalue weighted by Crippen LogP contribution is 2.44. The molecule has 1 N–H and O–H groups in total. The Morgan fingerprint density at radius 2 is 1.96 bits per heavy atom. The minimum Gasteiger partial charge on any atom is -0.496 e. The molecule has 1 unspecified atom stereocenters. The molecule has 1 atom stereocenters. The van der Waals surface area contributed by atoms with Gasteiger partial charge in [0.05, 0.1) is 18.8 Å². The molecular weight excluding hydrogens is 370 g/mol. The number of amides is 1. The van der Waals surface area contributed by atoms with E-state index in [1.165, 1.54) is 11.1 Å². The van der Waals surface area contributed by atoms with E-state index in [0.717, 1.165) is 22.0 Å². The third kappa shape index (κ3) is 2.34. The van der Waals surface area contributed by atoms with Crippen molar-refractivity contribution in [2.45, 2.75) is 32.0 Å². The Morgan fingerprint density at radius 1 is 1.29 bits per heavy atom. The van der Waals surface area contributed by atoms with Crippen LogP contribution in [0.5, 0.6) is 5.75 Å². The maximum Gasteiger partial charge on any atom is 0.258 e. The Bertz CT molecular complexity index is 809. The van der Waals surface area contributed by atoms with Crippen LogP contribution in [0.4, 0.5) is 0 Å². The first-order valence-electron chi connectivity index (χ1n) is 8.03. The molecule has 4 rings (SSSR count). The van der Waals surface area contributed by atoms with Gasteiger partial charge in [-0.05, 0) is 30.0 Å². The molecule has 1 aliphatic heterocycles. The Morgan fingerprint density at radius 3 is 2.58 bits per heavy atom. The van der Waals surface area contributed by atoms with Gasteiger partial charge in [-0.25, -0.2) is 0 Å². The Balaban J connectivity index is 1.73. The van der Waals surface area contributed by atoms with Crippen LogP contribution in [-0.4, -0.2) is 23.0 Å². The minimum absolute atomic E-state index is 0.0343. The van der Waals surface area contributed by atoms with Gasteiger partial charge in [0, 0.05) is 28.7 Å². The molecule has 1 amide bonds. The van der Waals surface area contributed by atoms with Gasteiger partial charge in [0.15, 0.2) is 0 Å². The molecule has 24 heavy (non-hydrogen) atoms. The van der Waals surface area contributed by atoms with Crippen molar-refractivity contribution >= 4 is 21.8 Å². The molecule has 1 aliphatic carbocycles. The second-order valence-electron chi connectivity index (χ2n) is 6.32. The van der Waals surface area contributed by atoms with Crippen LogP contribution in [-0.2, 0) is 19.5 Å². The van der Waals surface area contributed by atoms with Gasteiger partial charge in [0.2, 0.25) is 0 Å². The van der Waals surface area contributed by atoms with Crippen molar-refractivity contribution in [2.24, 2.45) is 0 Å². The molecule has 2 aromatic rings. The van der Waals surface area contributed by atoms with Gasteiger partial charge >= 0.3 is 0 Å². The molecule has 0 spiro atoms. The lowest BCUT2D eigenvalue weighted by molar-refractivity contribution is 0.0747. The fraction of sp³-hybridized carbons (Fsp3) is 0.316. The molecule has 0 saturated heterocycles. The highest BCUT2D eigenvalue weighted by molar-refractivity contribution is 9.10. The number of carbonyl (C=O) groups is 1. The Kier molecular flexibility index (Phi) is 3.85. The van der Waals surface area contributed by atoms with Crippen LogP contribution >= 0.6 is 15.9 Å². The molecule has 2 aromatic carbocycles. The lowest BCUT2D eigenvalue weighted by Crippen LogP contribution is -2.26. The summed E-state index contributed by atoms with van der Waals surface area (Å²) in [7, 11) is 1.59. The van der Waals surface area contributed by atoms with E-state index in [4.69, 9.17) is 4.74 Å². The van der Waals surface area contributed by atoms with Gasteiger partial charge in [-0.3, -0.25) is 4.79 Å². The fourth-order valence-electron chi connectivity index (χ4n) is 3.77. The quantitative estimate of drug-likeness (QED) is 0.856. The number of nitrogens with zero attached hydrogens (tertiary/aromatic N) is 1. The number of halogens is 1. The van der Waals surface area contributed by atoms with Gasteiger partial charge < -0.3 is 14.7 Å². The topological polar surface area (TPSA) is 49.8 Å². The predicted octanol–water partition coefficient (Wildman–Crippen LogP) is 3.59. The molecule has 124 valence electrons. The predicted molar refractivity (Wildman–Crippen MR) is 94.0 cm³/mol. The smallest absolute Gasteiger partial charge is 0.258 e. The maximum atomic E-state index is 13.1. The number of aliphatic hydroxyl groups is 1. The van der Waals surface area contributed by atoms with Crippen LogP contribution in [0.3, 0.4) is 0 Å². The number of carbonyl (C=O) groups excluding carboxylic acids is 1. The van der Waals surface area contributed by atoms with E-state index in [1.807, 2.05) is 17.0 Å². The average Bonchev–Trinajstić information content (AvgIpc) is 3.18. The standard InChI is InChI=1S/C19H18BrNO3/c1-24-18-13-6-7-16(22)17(13)15(20)8-14(18)19(23)21-9-11-4-2-3-5-12(11)10-21/h2-5,8,16,22H,6-7,9-10H2,1H3. The third-order valence-corrected chi connectivity index (χ3v) is 5.59. The summed E-state index contributed by atoms with van der Waals surface area (Å²) in [6.07, 6.45) is 0.889. The van der Waals surface area contributed by atoms with Crippen molar-refractivity contribution in [2.75, 3.05) is 7.11 Å². The first-order valence-corrected chi connectivity index (χ1v) is 8.83. The lowest BCUT2D eigenvalue weighted by Gasteiger charge is -2.20. The number of fused-ring (bicyclic) bond motifs is 2. The summed E-state index contributed by atoms with van der Waals surface area (Å²) in [4.78, 5) is 14.9. The van der Waals surface area contributed by atoms with E-state index in [2.05, 4.69) is 28.1 Å². The highest BCUT2D eigenvalue weighted by Gasteiger charge is 2.32. The largest absolute Gasteiger partial charge is 0.496 e. The average molecular weight is 388 g/mol. The van der Waals surface area contributed by atoms with E-state index in [9.17, 15) is 9.90 Å². The highest BCUT2D eigenvalue weighted by atomic mass is 79.9. The zero-order valence-corrected chi connectivity index (χ0v) is 15.0. The molecule has 0 bridgehead atoms. The van der Waals surface area contributed by atoms with Gasteiger partial charge in [-0.1, -0.05) is 40.2 Å². The molecule has 4 nitrogen and oxygen atoms in total. The van der Waals surface area contributed by atoms with Crippen LogP contribution in [0.15, 0.2) is 34.8 Å². The van der Waals surface area contributed by atoms with Crippen molar-refractivity contribution < 1.29 is 14.6 Å². The lowest BCUT2D eigenvalue weighted by atomic mass is 10.0. The van der Waals surface area contributed by atoms with Gasteiger partial charge in [-0.15, -0.1) is 0 Å². The molecule has 2 aliphatic rings. The summed E-state index contributed by atoms with van der Waals surface area (Å²) in [6, 6.07) is 9.92. The summed E-state index contributed by atoms with van der Waals surface area (Å²) in [5.41, 5.74) is 4.75. The summed E-state index contributed by atoms with van der Waals surface area (Å²) >= 11 is 3.52. The zero-order valence-electron chi connectivity index (χ0n) is 13.4. The van der Waals surface area contributed by atoms with Crippen LogP contribution in [0.2, 0.25) is 0 Å². The molecule has 0 saturated carbocycles. The molecule has 0 fully saturated rings. The van der Waals surface area contributed by atoms with E-state index in [-0.39, 0.29) is 5.91 Å². The number of aliphatic hydroxyl groups excluding tert-OH is 1. The van der Waals surface area contributed by atoms with Crippen molar-refractivity contribution in [3.63, 3.8) is 0 Å². The number of hydrogen-bond acceptors (Lipinski definition) is 3. The van der Waals surface area contributed by atoms with Gasteiger partial charge in [0.25, 0.3) is 5.91 Å². The number of hydrogen-bond donors (Lipinski definition) is 1. The molecule has 0 radical (unpaired) electrons. The molecular formula is C19H18BrNO3. The van der Waals surface area contributed by atoms with Crippen LogP contribution < -0.4 is 4.74 Å². The van der Waals surface area contributed by atoms with E-state index >= 15 is 0 Å². The second-order valence-corrected chi connectivity index (χ2v) is 7.17. The van der Waals surface area contributed by atoms with Crippen molar-refractivity contribution in [1.29, 1.82) is 0 Å². The van der Waals surface area contributed by atoms with E-state index < -0.39 is 6.10 Å². The van der Waals surface area contributed by atoms with Crippen LogP contribution in [0.1, 0.15) is 45.1 Å². The number of methoxy groups -OCH3 is 1. The van der Waals surface area contributed by atoms with Crippen LogP contribution in [0, 0.1) is 0 Å². The minimum atomic E-state index is -0.497. The first-order chi connectivity index (χ1) is 11.6. The monoisotopic (exact) mass is 387 g/mol. The summed E-state index contributed by atoms with van der Waals surface area (Å²) in [6.45, 7) is 1.24. The SMILES string of the molecule is COc1c(C(=O)N2Cc3ccccc3C2)cc(Br)c2c1CCC2O. The Labute approximate surface area is 149 Å². The number of ether oxygens (including phenoxy) is 1. The zero-order chi connectivity index (χ0) is 16.8. The third-order valence-electron chi connectivity index (χ3n) is 4.94. The van der Waals surface area contributed by atoms with Crippen molar-refractivity contribution in [1.82, 2.24) is 4.90 Å². The normalized spacial score (nSPS) is 18.5. The number of benzene rings is 2. The molecule has 0 aromatic heterocycles. The van der Waals surface area contributed by atoms with E-state index in [1.54, 1.807) is 13.2 Å².